The van der Waals surface area contributed by atoms with Crippen LogP contribution in [-0.2, 0) is 14.8 Å². The van der Waals surface area contributed by atoms with Gasteiger partial charge in [0, 0.05) is 5.69 Å². The summed E-state index contributed by atoms with van der Waals surface area (Å²) in [4.78, 5) is 10.9. The van der Waals surface area contributed by atoms with Crippen LogP contribution in [0.4, 0.5) is 5.69 Å². The molecule has 0 aliphatic carbocycles. The van der Waals surface area contributed by atoms with Gasteiger partial charge in [0.2, 0.25) is 15.9 Å². The Labute approximate surface area is 92.3 Å². The molecule has 5 nitrogen and oxygen atoms in total. The van der Waals surface area contributed by atoms with E-state index in [1.807, 2.05) is 0 Å². The Kier molecular flexibility index (Phi) is 3.67. The first-order chi connectivity index (χ1) is 6.93. The van der Waals surface area contributed by atoms with Gasteiger partial charge in [-0.25, -0.2) is 13.6 Å². The number of sulfonamides is 1. The molecule has 0 spiro atoms. The second-order valence-electron chi connectivity index (χ2n) is 2.75. The van der Waals surface area contributed by atoms with Crippen LogP contribution >= 0.6 is 11.6 Å². The number of halogens is 1. The molecule has 0 saturated heterocycles. The van der Waals surface area contributed by atoms with Crippen LogP contribution in [0, 0.1) is 0 Å². The molecule has 0 unspecified atom stereocenters. The van der Waals surface area contributed by atoms with E-state index >= 15 is 0 Å². The maximum absolute atomic E-state index is 11.0. The highest BCUT2D eigenvalue weighted by molar-refractivity contribution is 7.89. The maximum atomic E-state index is 11.0. The van der Waals surface area contributed by atoms with Gasteiger partial charge in [0.25, 0.3) is 0 Å². The van der Waals surface area contributed by atoms with Crippen molar-refractivity contribution in [2.45, 2.75) is 4.90 Å². The topological polar surface area (TPSA) is 89.3 Å². The Morgan fingerprint density at radius 2 is 2.13 bits per heavy atom. The molecule has 0 radical (unpaired) electrons. The predicted molar refractivity (Wildman–Crippen MR) is 57.2 cm³/mol. The molecule has 0 saturated carbocycles. The number of carbonyl (C=O) groups excluding carboxylic acids is 1. The summed E-state index contributed by atoms with van der Waals surface area (Å²) in [6, 6.07) is 5.62. The first kappa shape index (κ1) is 12.0. The van der Waals surface area contributed by atoms with Gasteiger partial charge in [-0.2, -0.15) is 0 Å². The van der Waals surface area contributed by atoms with Crippen LogP contribution < -0.4 is 10.5 Å². The fourth-order valence-corrected chi connectivity index (χ4v) is 1.57. The third-order valence-electron chi connectivity index (χ3n) is 1.57. The zero-order valence-corrected chi connectivity index (χ0v) is 9.18. The van der Waals surface area contributed by atoms with Crippen LogP contribution in [0.1, 0.15) is 0 Å². The third-order valence-corrected chi connectivity index (χ3v) is 2.72. The number of anilines is 1. The third kappa shape index (κ3) is 3.50. The Morgan fingerprint density at radius 1 is 1.47 bits per heavy atom. The lowest BCUT2D eigenvalue weighted by molar-refractivity contribution is -0.113. The largest absolute Gasteiger partial charge is 0.325 e. The van der Waals surface area contributed by atoms with Gasteiger partial charge in [0.15, 0.2) is 0 Å². The summed E-state index contributed by atoms with van der Waals surface area (Å²) in [5, 5.41) is 7.34. The molecule has 1 rings (SSSR count). The minimum Gasteiger partial charge on any atom is -0.325 e. The average Bonchev–Trinajstić information content (AvgIpc) is 2.17. The van der Waals surface area contributed by atoms with Gasteiger partial charge in [-0.1, -0.05) is 6.07 Å². The first-order valence-corrected chi connectivity index (χ1v) is 6.00. The van der Waals surface area contributed by atoms with Gasteiger partial charge < -0.3 is 5.32 Å². The number of nitrogens with one attached hydrogen (secondary N) is 1. The molecule has 7 heteroatoms. The highest BCUT2D eigenvalue weighted by Gasteiger charge is 2.08. The fourth-order valence-electron chi connectivity index (χ4n) is 0.945. The van der Waals surface area contributed by atoms with E-state index in [2.05, 4.69) is 5.32 Å². The molecule has 0 bridgehead atoms. The lowest BCUT2D eigenvalue weighted by atomic mass is 10.3. The van der Waals surface area contributed by atoms with Crippen LogP contribution in [0.15, 0.2) is 29.2 Å². The van der Waals surface area contributed by atoms with Crippen molar-refractivity contribution in [1.82, 2.24) is 0 Å². The molecule has 0 aromatic heterocycles. The van der Waals surface area contributed by atoms with E-state index in [0.717, 1.165) is 0 Å². The molecule has 1 aromatic carbocycles. The summed E-state index contributed by atoms with van der Waals surface area (Å²) < 4.78 is 22.0. The zero-order valence-electron chi connectivity index (χ0n) is 7.60. The molecule has 0 atom stereocenters. The van der Waals surface area contributed by atoms with E-state index < -0.39 is 15.9 Å². The van der Waals surface area contributed by atoms with Crippen LogP contribution in [0.3, 0.4) is 0 Å². The van der Waals surface area contributed by atoms with Gasteiger partial charge in [0.1, 0.15) is 5.88 Å². The van der Waals surface area contributed by atoms with Crippen molar-refractivity contribution in [2.75, 3.05) is 11.2 Å². The average molecular weight is 249 g/mol. The van der Waals surface area contributed by atoms with E-state index in [9.17, 15) is 13.2 Å². The second-order valence-corrected chi connectivity index (χ2v) is 4.58. The minimum absolute atomic E-state index is 0.0603. The van der Waals surface area contributed by atoms with Gasteiger partial charge in [0.05, 0.1) is 4.90 Å². The zero-order chi connectivity index (χ0) is 11.5. The Hall–Kier alpha value is -1.11. The maximum Gasteiger partial charge on any atom is 0.239 e. The summed E-state index contributed by atoms with van der Waals surface area (Å²) in [6.07, 6.45) is 0. The highest BCUT2D eigenvalue weighted by Crippen LogP contribution is 2.13. The molecule has 1 amide bonds. The lowest BCUT2D eigenvalue weighted by Crippen LogP contribution is -2.15. The lowest BCUT2D eigenvalue weighted by Gasteiger charge is -2.04. The number of alkyl halides is 1. The van der Waals surface area contributed by atoms with Crippen molar-refractivity contribution in [3.8, 4) is 0 Å². The number of hydrogen-bond acceptors (Lipinski definition) is 3. The van der Waals surface area contributed by atoms with E-state index in [-0.39, 0.29) is 10.8 Å². The van der Waals surface area contributed by atoms with E-state index in [1.54, 1.807) is 6.07 Å². The van der Waals surface area contributed by atoms with Gasteiger partial charge in [-0.3, -0.25) is 4.79 Å². The first-order valence-electron chi connectivity index (χ1n) is 3.92. The number of amides is 1. The molecular formula is C8H9ClN2O3S. The molecule has 0 aliphatic rings. The van der Waals surface area contributed by atoms with Crippen LogP contribution in [0.2, 0.25) is 0 Å². The summed E-state index contributed by atoms with van der Waals surface area (Å²) >= 11 is 5.28. The normalized spacial score (nSPS) is 11.1. The SMILES string of the molecule is NS(=O)(=O)c1cccc(NC(=O)CCl)c1. The number of benzene rings is 1. The van der Waals surface area contributed by atoms with Crippen LogP contribution in [0.25, 0.3) is 0 Å². The van der Waals surface area contributed by atoms with Crippen molar-refractivity contribution < 1.29 is 13.2 Å². The molecule has 3 N–H and O–H groups in total. The molecule has 82 valence electrons. The van der Waals surface area contributed by atoms with Crippen molar-refractivity contribution >= 4 is 33.2 Å². The van der Waals surface area contributed by atoms with Crippen molar-refractivity contribution in [3.63, 3.8) is 0 Å². The molecule has 0 fully saturated rings. The molecular weight excluding hydrogens is 240 g/mol. The quantitative estimate of drug-likeness (QED) is 0.764. The smallest absolute Gasteiger partial charge is 0.239 e. The van der Waals surface area contributed by atoms with Crippen molar-refractivity contribution in [3.05, 3.63) is 24.3 Å². The highest BCUT2D eigenvalue weighted by atomic mass is 35.5. The number of carbonyl (C=O) groups is 1. The van der Waals surface area contributed by atoms with Crippen LogP contribution in [0.5, 0.6) is 0 Å². The Balaban J connectivity index is 2.99. The fraction of sp³-hybridized carbons (Fsp3) is 0.125. The monoisotopic (exact) mass is 248 g/mol. The van der Waals surface area contributed by atoms with Crippen LogP contribution in [-0.4, -0.2) is 20.2 Å². The standard InChI is InChI=1S/C8H9ClN2O3S/c9-5-8(12)11-6-2-1-3-7(4-6)15(10,13)14/h1-4H,5H2,(H,11,12)(H2,10,13,14). The number of primary sulfonamides is 1. The van der Waals surface area contributed by atoms with Crippen molar-refractivity contribution in [1.29, 1.82) is 0 Å². The molecule has 1 aromatic rings. The Morgan fingerprint density at radius 3 is 2.67 bits per heavy atom. The Bertz CT molecular complexity index is 473. The summed E-state index contributed by atoms with van der Waals surface area (Å²) in [5.74, 6) is -0.609. The summed E-state index contributed by atoms with van der Waals surface area (Å²) in [7, 11) is -3.75. The number of hydrogen-bond donors (Lipinski definition) is 2. The molecule has 15 heavy (non-hydrogen) atoms. The predicted octanol–water partition coefficient (Wildman–Crippen LogP) is 0.511. The van der Waals surface area contributed by atoms with E-state index in [1.165, 1.54) is 18.2 Å². The van der Waals surface area contributed by atoms with Gasteiger partial charge in [-0.15, -0.1) is 11.6 Å². The molecule has 0 heterocycles. The second kappa shape index (κ2) is 4.61. The number of nitrogens with two attached hydrogens (primary N) is 1. The van der Waals surface area contributed by atoms with Gasteiger partial charge in [-0.05, 0) is 18.2 Å². The number of rotatable bonds is 3. The van der Waals surface area contributed by atoms with E-state index in [0.29, 0.717) is 5.69 Å². The molecule has 0 aliphatic heterocycles. The summed E-state index contributed by atoms with van der Waals surface area (Å²) in [5.41, 5.74) is 0.340. The van der Waals surface area contributed by atoms with Gasteiger partial charge >= 0.3 is 0 Å². The minimum atomic E-state index is -3.75. The van der Waals surface area contributed by atoms with E-state index in [4.69, 9.17) is 16.7 Å². The van der Waals surface area contributed by atoms with Crippen molar-refractivity contribution in [2.24, 2.45) is 5.14 Å². The summed E-state index contributed by atoms with van der Waals surface area (Å²) in [6.45, 7) is 0.